The number of esters is 1. The second-order valence-electron chi connectivity index (χ2n) is 7.54. The Morgan fingerprint density at radius 2 is 1.91 bits per heavy atom. The van der Waals surface area contributed by atoms with Crippen LogP contribution >= 0.6 is 11.6 Å². The van der Waals surface area contributed by atoms with Crippen LogP contribution in [0.25, 0.3) is 22.2 Å². The summed E-state index contributed by atoms with van der Waals surface area (Å²) in [6.45, 7) is 0.441. The largest absolute Gasteiger partial charge is 0.465 e. The van der Waals surface area contributed by atoms with Gasteiger partial charge in [-0.1, -0.05) is 48.0 Å². The number of H-pyrrole nitrogens is 2. The molecule has 5 rings (SSSR count). The van der Waals surface area contributed by atoms with Crippen LogP contribution in [0.3, 0.4) is 0 Å². The first-order valence-electron chi connectivity index (χ1n) is 10.0. The highest BCUT2D eigenvalue weighted by Crippen LogP contribution is 2.36. The highest BCUT2D eigenvalue weighted by Gasteiger charge is 2.25. The van der Waals surface area contributed by atoms with Crippen molar-refractivity contribution in [3.63, 3.8) is 0 Å². The number of halogens is 1. The highest BCUT2D eigenvalue weighted by atomic mass is 35.5. The molecule has 0 bridgehead atoms. The Kier molecular flexibility index (Phi) is 5.03. The van der Waals surface area contributed by atoms with E-state index in [0.717, 1.165) is 22.0 Å². The molecule has 2 aliphatic heterocycles. The topological polar surface area (TPSA) is 92.8 Å². The summed E-state index contributed by atoms with van der Waals surface area (Å²) in [4.78, 5) is 28.0. The second kappa shape index (κ2) is 8.01. The van der Waals surface area contributed by atoms with Crippen LogP contribution in [-0.4, -0.2) is 32.8 Å². The Balaban J connectivity index is 1.69. The van der Waals surface area contributed by atoms with Gasteiger partial charge in [0.2, 0.25) is 0 Å². The first-order valence-corrected chi connectivity index (χ1v) is 10.4. The lowest BCUT2D eigenvalue weighted by atomic mass is 9.90. The number of nitrogens with zero attached hydrogens (tertiary/aromatic N) is 2. The molecule has 1 atom stereocenters. The predicted octanol–water partition coefficient (Wildman–Crippen LogP) is 4.43. The monoisotopic (exact) mass is 446 g/mol. The van der Waals surface area contributed by atoms with Crippen molar-refractivity contribution in [3.8, 4) is 11.3 Å². The first-order chi connectivity index (χ1) is 15.6. The molecule has 8 heteroatoms. The lowest BCUT2D eigenvalue weighted by Crippen LogP contribution is -2.16. The second-order valence-corrected chi connectivity index (χ2v) is 7.95. The summed E-state index contributed by atoms with van der Waals surface area (Å²) in [5.74, 6) is -0.702. The van der Waals surface area contributed by atoms with Crippen molar-refractivity contribution in [2.24, 2.45) is 0 Å². The fourth-order valence-corrected chi connectivity index (χ4v) is 4.44. The average molecular weight is 447 g/mol. The normalized spacial score (nSPS) is 12.3. The van der Waals surface area contributed by atoms with Crippen LogP contribution in [0.1, 0.15) is 27.4 Å². The maximum Gasteiger partial charge on any atom is 0.341 e. The quantitative estimate of drug-likeness (QED) is 0.390. The number of aromatic nitrogens is 4. The van der Waals surface area contributed by atoms with Gasteiger partial charge in [0.15, 0.2) is 0 Å². The van der Waals surface area contributed by atoms with Crippen LogP contribution in [-0.2, 0) is 11.3 Å². The van der Waals surface area contributed by atoms with Crippen molar-refractivity contribution in [2.45, 2.75) is 12.5 Å². The van der Waals surface area contributed by atoms with E-state index in [-0.39, 0.29) is 17.0 Å². The van der Waals surface area contributed by atoms with Crippen molar-refractivity contribution in [1.29, 1.82) is 0 Å². The Morgan fingerprint density at radius 1 is 1.12 bits per heavy atom. The van der Waals surface area contributed by atoms with Crippen LogP contribution in [0, 0.1) is 0 Å². The summed E-state index contributed by atoms with van der Waals surface area (Å²) in [5.41, 5.74) is 3.51. The summed E-state index contributed by atoms with van der Waals surface area (Å²) >= 11 is 6.60. The number of carbonyl (C=O) groups excluding carboxylic acids is 1. The molecule has 3 aromatic rings. The van der Waals surface area contributed by atoms with Gasteiger partial charge in [-0.15, -0.1) is 0 Å². The minimum Gasteiger partial charge on any atom is -0.465 e. The fraction of sp³-hybridized carbons (Fsp3) is 0.125. The zero-order valence-corrected chi connectivity index (χ0v) is 17.9. The third-order valence-electron chi connectivity index (χ3n) is 5.69. The van der Waals surface area contributed by atoms with Gasteiger partial charge >= 0.3 is 5.97 Å². The van der Waals surface area contributed by atoms with E-state index in [1.54, 1.807) is 12.4 Å². The van der Waals surface area contributed by atoms with Gasteiger partial charge in [0, 0.05) is 47.0 Å². The van der Waals surface area contributed by atoms with Gasteiger partial charge < -0.3 is 14.3 Å². The molecule has 160 valence electrons. The molecule has 0 saturated heterocycles. The van der Waals surface area contributed by atoms with E-state index in [9.17, 15) is 9.59 Å². The molecule has 2 aromatic carbocycles. The maximum atomic E-state index is 12.4. The molecular formula is C24H19ClN4O3. The molecule has 7 nitrogen and oxygen atoms in total. The number of ether oxygens (including phenoxy) is 1. The van der Waals surface area contributed by atoms with E-state index in [0.29, 0.717) is 22.8 Å². The van der Waals surface area contributed by atoms with Crippen LogP contribution in [0.15, 0.2) is 71.9 Å². The number of pyridine rings is 1. The van der Waals surface area contributed by atoms with Gasteiger partial charge in [0.25, 0.3) is 5.56 Å². The fourth-order valence-electron chi connectivity index (χ4n) is 4.17. The molecular weight excluding hydrogens is 428 g/mol. The van der Waals surface area contributed by atoms with Gasteiger partial charge in [-0.25, -0.2) is 9.89 Å². The number of hydrogen-bond donors (Lipinski definition) is 2. The third kappa shape index (κ3) is 3.36. The maximum absolute atomic E-state index is 12.4. The number of rotatable bonds is 5. The van der Waals surface area contributed by atoms with Crippen molar-refractivity contribution < 1.29 is 9.53 Å². The van der Waals surface area contributed by atoms with Gasteiger partial charge in [0.1, 0.15) is 11.3 Å². The number of benzene rings is 2. The summed E-state index contributed by atoms with van der Waals surface area (Å²) in [6, 6.07) is 15.7. The molecule has 0 fully saturated rings. The first kappa shape index (κ1) is 20.1. The molecule has 0 spiro atoms. The Bertz CT molecular complexity index is 1470. The summed E-state index contributed by atoms with van der Waals surface area (Å²) in [7, 11) is 1.30. The van der Waals surface area contributed by atoms with Crippen LogP contribution < -0.4 is 5.56 Å². The van der Waals surface area contributed by atoms with Gasteiger partial charge in [-0.3, -0.25) is 4.79 Å². The lowest BCUT2D eigenvalue weighted by molar-refractivity contribution is 0.0600. The number of nitrogens with one attached hydrogen (secondary N) is 2. The van der Waals surface area contributed by atoms with Gasteiger partial charge in [-0.05, 0) is 23.3 Å². The van der Waals surface area contributed by atoms with Crippen molar-refractivity contribution in [3.05, 3.63) is 99.2 Å². The smallest absolute Gasteiger partial charge is 0.341 e. The molecule has 0 saturated carbocycles. The van der Waals surface area contributed by atoms with Crippen molar-refractivity contribution >= 4 is 28.5 Å². The SMILES string of the molecule is COC(=O)c1cn(CC(c2ccccc2Cl)c2c[nH]c3ccccc23)cc2c(=O)[nH]nc1-2. The molecule has 2 aliphatic rings. The van der Waals surface area contributed by atoms with Gasteiger partial charge in [-0.2, -0.15) is 5.10 Å². The number of hydrogen-bond acceptors (Lipinski definition) is 4. The van der Waals surface area contributed by atoms with Crippen LogP contribution in [0.5, 0.6) is 0 Å². The van der Waals surface area contributed by atoms with Gasteiger partial charge in [0.05, 0.1) is 12.7 Å². The summed E-state index contributed by atoms with van der Waals surface area (Å²) in [5, 5.41) is 8.14. The Morgan fingerprint density at radius 3 is 2.72 bits per heavy atom. The molecule has 3 heterocycles. The van der Waals surface area contributed by atoms with Crippen LogP contribution in [0.2, 0.25) is 5.02 Å². The van der Waals surface area contributed by atoms with E-state index in [1.807, 2.05) is 53.2 Å². The van der Waals surface area contributed by atoms with E-state index < -0.39 is 5.97 Å². The number of fused-ring (bicyclic) bond motifs is 2. The Hall–Kier alpha value is -3.84. The Labute approximate surface area is 187 Å². The number of aromatic amines is 2. The molecule has 1 aromatic heterocycles. The van der Waals surface area contributed by atoms with E-state index in [1.165, 1.54) is 7.11 Å². The van der Waals surface area contributed by atoms with Crippen molar-refractivity contribution in [2.75, 3.05) is 7.11 Å². The zero-order valence-electron chi connectivity index (χ0n) is 17.1. The zero-order chi connectivity index (χ0) is 22.2. The average Bonchev–Trinajstić information content (AvgIpc) is 3.41. The summed E-state index contributed by atoms with van der Waals surface area (Å²) in [6.07, 6.45) is 5.34. The molecule has 32 heavy (non-hydrogen) atoms. The molecule has 0 radical (unpaired) electrons. The standard InChI is InChI=1S/C24H19ClN4O3/c1-32-24(31)19-13-29(12-18-22(19)27-28-23(18)30)11-17(14-6-2-4-8-20(14)25)16-10-26-21-9-5-3-7-15(16)21/h2-10,12-13,17,26H,11H2,1H3,(H,28,30). The van der Waals surface area contributed by atoms with E-state index in [2.05, 4.69) is 21.2 Å². The number of methoxy groups -OCH3 is 1. The minimum atomic E-state index is -0.558. The number of para-hydroxylation sites is 1. The van der Waals surface area contributed by atoms with E-state index in [4.69, 9.17) is 16.3 Å². The summed E-state index contributed by atoms with van der Waals surface area (Å²) < 4.78 is 6.73. The van der Waals surface area contributed by atoms with Crippen LogP contribution in [0.4, 0.5) is 0 Å². The predicted molar refractivity (Wildman–Crippen MR) is 122 cm³/mol. The molecule has 2 N–H and O–H groups in total. The molecule has 0 aliphatic carbocycles. The molecule has 1 unspecified atom stereocenters. The minimum absolute atomic E-state index is 0.144. The number of carbonyl (C=O) groups is 1. The van der Waals surface area contributed by atoms with E-state index >= 15 is 0 Å². The molecule has 0 amide bonds. The third-order valence-corrected chi connectivity index (χ3v) is 6.03. The highest BCUT2D eigenvalue weighted by molar-refractivity contribution is 6.31. The van der Waals surface area contributed by atoms with Crippen molar-refractivity contribution in [1.82, 2.24) is 19.7 Å². The lowest BCUT2D eigenvalue weighted by Gasteiger charge is -2.21.